The lowest BCUT2D eigenvalue weighted by Gasteiger charge is -2.12. The minimum atomic E-state index is -0.416. The van der Waals surface area contributed by atoms with Gasteiger partial charge in [-0.25, -0.2) is 4.98 Å². The molecule has 1 aliphatic rings. The van der Waals surface area contributed by atoms with Gasteiger partial charge in [-0.15, -0.1) is 24.8 Å². The number of aliphatic hydroxyl groups excluding tert-OH is 1. The van der Waals surface area contributed by atoms with Crippen molar-refractivity contribution in [2.45, 2.75) is 32.0 Å². The van der Waals surface area contributed by atoms with Crippen LogP contribution in [-0.2, 0) is 11.3 Å². The molecule has 0 saturated carbocycles. The fourth-order valence-corrected chi connectivity index (χ4v) is 2.81. The Labute approximate surface area is 147 Å². The molecule has 0 radical (unpaired) electrons. The Hall–Kier alpha value is -1.34. The smallest absolute Gasteiger partial charge is 0.237 e. The average Bonchev–Trinajstić information content (AvgIpc) is 3.03. The zero-order chi connectivity index (χ0) is 14.8. The number of aromatic nitrogens is 2. The summed E-state index contributed by atoms with van der Waals surface area (Å²) < 4.78 is 2.10. The van der Waals surface area contributed by atoms with E-state index in [-0.39, 0.29) is 36.8 Å². The number of halogens is 2. The molecule has 2 unspecified atom stereocenters. The molecule has 1 saturated heterocycles. The van der Waals surface area contributed by atoms with Crippen LogP contribution in [0.3, 0.4) is 0 Å². The minimum Gasteiger partial charge on any atom is -0.392 e. The van der Waals surface area contributed by atoms with E-state index in [0.29, 0.717) is 26.1 Å². The third kappa shape index (κ3) is 4.35. The summed E-state index contributed by atoms with van der Waals surface area (Å²) in [6, 6.07) is 7.70. The third-order valence-electron chi connectivity index (χ3n) is 3.90. The first-order valence-electron chi connectivity index (χ1n) is 7.26. The zero-order valence-corrected chi connectivity index (χ0v) is 14.5. The molecular formula is C15H22Cl2N4O2. The van der Waals surface area contributed by atoms with Gasteiger partial charge in [-0.3, -0.25) is 4.79 Å². The number of amides is 1. The Bertz CT molecular complexity index is 662. The molecule has 1 aromatic carbocycles. The molecule has 2 heterocycles. The number of hydrogen-bond acceptors (Lipinski definition) is 4. The highest BCUT2D eigenvalue weighted by Gasteiger charge is 2.27. The molecule has 6 nitrogen and oxygen atoms in total. The van der Waals surface area contributed by atoms with E-state index in [1.54, 1.807) is 0 Å². The van der Waals surface area contributed by atoms with Gasteiger partial charge in [0.15, 0.2) is 0 Å². The Morgan fingerprint density at radius 2 is 2.17 bits per heavy atom. The number of imidazole rings is 1. The number of aliphatic hydroxyl groups is 1. The molecule has 3 N–H and O–H groups in total. The number of para-hydroxylation sites is 2. The van der Waals surface area contributed by atoms with E-state index in [2.05, 4.69) is 20.2 Å². The predicted octanol–water partition coefficient (Wildman–Crippen LogP) is 1.03. The number of fused-ring (bicyclic) bond motifs is 1. The number of carbonyl (C=O) groups is 1. The number of aryl methyl sites for hydroxylation is 1. The lowest BCUT2D eigenvalue weighted by molar-refractivity contribution is -0.122. The van der Waals surface area contributed by atoms with E-state index >= 15 is 0 Å². The molecule has 3 rings (SSSR count). The van der Waals surface area contributed by atoms with Gasteiger partial charge in [-0.1, -0.05) is 12.1 Å². The Balaban J connectivity index is 0.00000132. The molecule has 2 aromatic rings. The predicted molar refractivity (Wildman–Crippen MR) is 94.4 cm³/mol. The van der Waals surface area contributed by atoms with Gasteiger partial charge < -0.3 is 20.3 Å². The van der Waals surface area contributed by atoms with Crippen molar-refractivity contribution in [3.63, 3.8) is 0 Å². The van der Waals surface area contributed by atoms with Gasteiger partial charge in [-0.05, 0) is 25.5 Å². The summed E-state index contributed by atoms with van der Waals surface area (Å²) in [5, 5.41) is 15.3. The molecule has 1 amide bonds. The third-order valence-corrected chi connectivity index (χ3v) is 3.90. The number of nitrogens with one attached hydrogen (secondary N) is 2. The molecule has 1 fully saturated rings. The summed E-state index contributed by atoms with van der Waals surface area (Å²) in [5.41, 5.74) is 2.06. The molecule has 2 atom stereocenters. The van der Waals surface area contributed by atoms with Crippen LogP contribution in [0.5, 0.6) is 0 Å². The van der Waals surface area contributed by atoms with Gasteiger partial charge in [0.1, 0.15) is 5.82 Å². The first-order valence-corrected chi connectivity index (χ1v) is 7.26. The van der Waals surface area contributed by atoms with Crippen molar-refractivity contribution in [3.05, 3.63) is 30.1 Å². The fraction of sp³-hybridized carbons (Fsp3) is 0.467. The van der Waals surface area contributed by atoms with E-state index in [9.17, 15) is 9.90 Å². The van der Waals surface area contributed by atoms with Crippen LogP contribution in [0.4, 0.5) is 0 Å². The molecule has 1 aliphatic heterocycles. The largest absolute Gasteiger partial charge is 0.392 e. The highest BCUT2D eigenvalue weighted by atomic mass is 35.5. The topological polar surface area (TPSA) is 79.2 Å². The summed E-state index contributed by atoms with van der Waals surface area (Å²) in [6.45, 7) is 3.70. The van der Waals surface area contributed by atoms with Crippen LogP contribution in [0.15, 0.2) is 24.3 Å². The normalized spacial score (nSPS) is 19.9. The summed E-state index contributed by atoms with van der Waals surface area (Å²) in [7, 11) is 0. The van der Waals surface area contributed by atoms with Crippen molar-refractivity contribution in [1.82, 2.24) is 20.2 Å². The highest BCUT2D eigenvalue weighted by molar-refractivity contribution is 5.85. The second-order valence-corrected chi connectivity index (χ2v) is 5.44. The van der Waals surface area contributed by atoms with Crippen LogP contribution in [0.25, 0.3) is 11.0 Å². The van der Waals surface area contributed by atoms with E-state index < -0.39 is 6.10 Å². The molecular weight excluding hydrogens is 339 g/mol. The SMILES string of the molecule is Cc1nc2ccccc2n1CCNC(=O)C1CC(O)CN1.Cl.Cl. The zero-order valence-electron chi connectivity index (χ0n) is 12.9. The lowest BCUT2D eigenvalue weighted by Crippen LogP contribution is -2.41. The van der Waals surface area contributed by atoms with Crippen LogP contribution < -0.4 is 10.6 Å². The summed E-state index contributed by atoms with van der Waals surface area (Å²) in [4.78, 5) is 16.5. The lowest BCUT2D eigenvalue weighted by atomic mass is 10.2. The molecule has 23 heavy (non-hydrogen) atoms. The number of benzene rings is 1. The quantitative estimate of drug-likeness (QED) is 0.760. The fourth-order valence-electron chi connectivity index (χ4n) is 2.81. The molecule has 0 bridgehead atoms. The Morgan fingerprint density at radius 3 is 2.87 bits per heavy atom. The van der Waals surface area contributed by atoms with Crippen LogP contribution in [0, 0.1) is 6.92 Å². The van der Waals surface area contributed by atoms with Crippen molar-refractivity contribution in [2.24, 2.45) is 0 Å². The van der Waals surface area contributed by atoms with E-state index in [4.69, 9.17) is 0 Å². The number of carbonyl (C=O) groups excluding carboxylic acids is 1. The number of hydrogen-bond donors (Lipinski definition) is 3. The summed E-state index contributed by atoms with van der Waals surface area (Å²) in [6.07, 6.45) is 0.0689. The Morgan fingerprint density at radius 1 is 1.43 bits per heavy atom. The van der Waals surface area contributed by atoms with Crippen molar-refractivity contribution in [1.29, 1.82) is 0 Å². The first kappa shape index (κ1) is 19.7. The maximum absolute atomic E-state index is 12.0. The maximum atomic E-state index is 12.0. The molecule has 0 aliphatic carbocycles. The van der Waals surface area contributed by atoms with Crippen LogP contribution in [-0.4, -0.2) is 45.8 Å². The van der Waals surface area contributed by atoms with Crippen molar-refractivity contribution >= 4 is 41.8 Å². The minimum absolute atomic E-state index is 0. The maximum Gasteiger partial charge on any atom is 0.237 e. The number of nitrogens with zero attached hydrogens (tertiary/aromatic N) is 2. The van der Waals surface area contributed by atoms with E-state index in [1.165, 1.54) is 0 Å². The standard InChI is InChI=1S/C15H20N4O2.2ClH/c1-10-18-12-4-2-3-5-14(12)19(10)7-6-16-15(21)13-8-11(20)9-17-13;;/h2-5,11,13,17,20H,6-9H2,1H3,(H,16,21);2*1H. The van der Waals surface area contributed by atoms with Crippen LogP contribution in [0.2, 0.25) is 0 Å². The van der Waals surface area contributed by atoms with Crippen molar-refractivity contribution < 1.29 is 9.90 Å². The van der Waals surface area contributed by atoms with E-state index in [0.717, 1.165) is 16.9 Å². The molecule has 1 aromatic heterocycles. The average molecular weight is 361 g/mol. The Kier molecular flexibility index (Phi) is 7.28. The van der Waals surface area contributed by atoms with Gasteiger partial charge in [0, 0.05) is 19.6 Å². The number of β-amino-alcohol motifs (C(OH)–C–C–N with tert-alkyl or cyclic N) is 1. The summed E-state index contributed by atoms with van der Waals surface area (Å²) >= 11 is 0. The molecule has 8 heteroatoms. The first-order chi connectivity index (χ1) is 10.1. The van der Waals surface area contributed by atoms with Gasteiger partial charge in [0.05, 0.1) is 23.2 Å². The van der Waals surface area contributed by atoms with Crippen molar-refractivity contribution in [2.75, 3.05) is 13.1 Å². The molecule has 128 valence electrons. The second kappa shape index (κ2) is 8.49. The van der Waals surface area contributed by atoms with Gasteiger partial charge in [0.2, 0.25) is 5.91 Å². The monoisotopic (exact) mass is 360 g/mol. The van der Waals surface area contributed by atoms with E-state index in [1.807, 2.05) is 31.2 Å². The summed E-state index contributed by atoms with van der Waals surface area (Å²) in [5.74, 6) is 0.897. The van der Waals surface area contributed by atoms with Crippen LogP contribution >= 0.6 is 24.8 Å². The second-order valence-electron chi connectivity index (χ2n) is 5.44. The van der Waals surface area contributed by atoms with Gasteiger partial charge in [0.25, 0.3) is 0 Å². The van der Waals surface area contributed by atoms with Crippen molar-refractivity contribution in [3.8, 4) is 0 Å². The number of rotatable bonds is 4. The van der Waals surface area contributed by atoms with Gasteiger partial charge in [-0.2, -0.15) is 0 Å². The van der Waals surface area contributed by atoms with Gasteiger partial charge >= 0.3 is 0 Å². The molecule has 0 spiro atoms. The highest BCUT2D eigenvalue weighted by Crippen LogP contribution is 2.14. The van der Waals surface area contributed by atoms with Crippen LogP contribution in [0.1, 0.15) is 12.2 Å².